The number of ether oxygens (including phenoxy) is 3. The summed E-state index contributed by atoms with van der Waals surface area (Å²) in [4.78, 5) is 38.2. The standard InChI is InChI=1S/C63H108O6/c1-4-7-10-13-16-19-22-25-28-30-32-34-35-38-41-44-47-50-53-56-62(65)68-59-60(58-67-61(64)55-52-49-46-43-40-37-27-24-21-18-15-12-9-6-3)69-63(66)57-54-51-48-45-42-39-36-33-31-29-26-23-20-17-14-11-8-5-2/h7,10,15-16,18-19,24-25,27-28,32,34,38,41,60H,4-6,8-9,11-14,17,20-23,26,29-31,33,35-37,39-40,42-59H2,1-3H3/b10-7-,18-15-,19-16-,27-24-,28-25-,34-32-,41-38-. The minimum Gasteiger partial charge on any atom is -0.462 e. The summed E-state index contributed by atoms with van der Waals surface area (Å²) in [6, 6.07) is 0. The van der Waals surface area contributed by atoms with Crippen LogP contribution < -0.4 is 0 Å². The highest BCUT2D eigenvalue weighted by atomic mass is 16.6. The van der Waals surface area contributed by atoms with Crippen molar-refractivity contribution in [3.8, 4) is 0 Å². The van der Waals surface area contributed by atoms with Crippen LogP contribution in [0.2, 0.25) is 0 Å². The van der Waals surface area contributed by atoms with Crippen molar-refractivity contribution < 1.29 is 28.6 Å². The van der Waals surface area contributed by atoms with Gasteiger partial charge in [0, 0.05) is 19.3 Å². The fraction of sp³-hybridized carbons (Fsp3) is 0.730. The Labute approximate surface area is 426 Å². The lowest BCUT2D eigenvalue weighted by Gasteiger charge is -2.18. The molecule has 0 fully saturated rings. The first-order valence-corrected chi connectivity index (χ1v) is 29.1. The van der Waals surface area contributed by atoms with Crippen molar-refractivity contribution in [1.82, 2.24) is 0 Å². The lowest BCUT2D eigenvalue weighted by Crippen LogP contribution is -2.30. The Morgan fingerprint density at radius 3 is 0.942 bits per heavy atom. The summed E-state index contributed by atoms with van der Waals surface area (Å²) >= 11 is 0. The molecule has 0 saturated carbocycles. The summed E-state index contributed by atoms with van der Waals surface area (Å²) in [6.07, 6.45) is 74.3. The van der Waals surface area contributed by atoms with Crippen molar-refractivity contribution in [2.75, 3.05) is 13.2 Å². The first-order chi connectivity index (χ1) is 34.0. The van der Waals surface area contributed by atoms with Crippen LogP contribution in [0.4, 0.5) is 0 Å². The summed E-state index contributed by atoms with van der Waals surface area (Å²) < 4.78 is 16.8. The van der Waals surface area contributed by atoms with Gasteiger partial charge in [-0.3, -0.25) is 14.4 Å². The molecule has 0 aliphatic heterocycles. The van der Waals surface area contributed by atoms with Gasteiger partial charge < -0.3 is 14.2 Å². The third kappa shape index (κ3) is 55.4. The van der Waals surface area contributed by atoms with Crippen molar-refractivity contribution in [2.45, 2.75) is 284 Å². The first-order valence-electron chi connectivity index (χ1n) is 29.1. The van der Waals surface area contributed by atoms with E-state index in [9.17, 15) is 14.4 Å². The zero-order chi connectivity index (χ0) is 50.0. The minimum atomic E-state index is -0.795. The molecule has 6 nitrogen and oxygen atoms in total. The van der Waals surface area contributed by atoms with E-state index in [1.165, 1.54) is 116 Å². The Morgan fingerprint density at radius 2 is 0.580 bits per heavy atom. The smallest absolute Gasteiger partial charge is 0.306 e. The third-order valence-corrected chi connectivity index (χ3v) is 12.4. The monoisotopic (exact) mass is 961 g/mol. The molecule has 0 aliphatic rings. The van der Waals surface area contributed by atoms with Crippen molar-refractivity contribution in [3.63, 3.8) is 0 Å². The molecule has 0 aliphatic carbocycles. The van der Waals surface area contributed by atoms with E-state index in [-0.39, 0.29) is 31.1 Å². The highest BCUT2D eigenvalue weighted by Crippen LogP contribution is 2.16. The summed E-state index contributed by atoms with van der Waals surface area (Å²) in [5.74, 6) is -0.930. The van der Waals surface area contributed by atoms with Gasteiger partial charge in [-0.15, -0.1) is 0 Å². The topological polar surface area (TPSA) is 78.9 Å². The Balaban J connectivity index is 4.44. The highest BCUT2D eigenvalue weighted by molar-refractivity contribution is 5.71. The van der Waals surface area contributed by atoms with Crippen molar-refractivity contribution in [2.24, 2.45) is 0 Å². The van der Waals surface area contributed by atoms with Crippen LogP contribution >= 0.6 is 0 Å². The molecule has 1 unspecified atom stereocenters. The third-order valence-electron chi connectivity index (χ3n) is 12.4. The minimum absolute atomic E-state index is 0.0929. The van der Waals surface area contributed by atoms with E-state index in [1.54, 1.807) is 0 Å². The SMILES string of the molecule is CC/C=C\C/C=C\C/C=C\C/C=C\C/C=C\CCCCCC(=O)OCC(COC(=O)CCCCCCC/C=C\C/C=C\CCCC)OC(=O)CCCCCCCCCCCCCCCCCCCC. The second-order valence-corrected chi connectivity index (χ2v) is 19.2. The van der Waals surface area contributed by atoms with Gasteiger partial charge in [-0.1, -0.05) is 254 Å². The van der Waals surface area contributed by atoms with Crippen LogP contribution in [0.3, 0.4) is 0 Å². The van der Waals surface area contributed by atoms with Gasteiger partial charge in [0.05, 0.1) is 0 Å². The van der Waals surface area contributed by atoms with Gasteiger partial charge in [0.1, 0.15) is 13.2 Å². The van der Waals surface area contributed by atoms with E-state index >= 15 is 0 Å². The molecular weight excluding hydrogens is 853 g/mol. The number of allylic oxidation sites excluding steroid dienone is 14. The summed E-state index contributed by atoms with van der Waals surface area (Å²) in [5.41, 5.74) is 0. The molecule has 0 N–H and O–H groups in total. The van der Waals surface area contributed by atoms with Gasteiger partial charge in [0.2, 0.25) is 0 Å². The normalized spacial score (nSPS) is 12.7. The summed E-state index contributed by atoms with van der Waals surface area (Å²) in [6.45, 7) is 6.47. The fourth-order valence-electron chi connectivity index (χ4n) is 8.02. The van der Waals surface area contributed by atoms with Crippen molar-refractivity contribution in [1.29, 1.82) is 0 Å². The second-order valence-electron chi connectivity index (χ2n) is 19.2. The summed E-state index contributed by atoms with van der Waals surface area (Å²) in [5, 5.41) is 0. The molecule has 0 aromatic rings. The zero-order valence-electron chi connectivity index (χ0n) is 45.3. The molecule has 0 amide bonds. The molecule has 0 saturated heterocycles. The molecule has 0 spiro atoms. The fourth-order valence-corrected chi connectivity index (χ4v) is 8.02. The maximum absolute atomic E-state index is 12.9. The van der Waals surface area contributed by atoms with Crippen LogP contribution in [0.15, 0.2) is 85.1 Å². The lowest BCUT2D eigenvalue weighted by atomic mass is 10.0. The maximum atomic E-state index is 12.9. The maximum Gasteiger partial charge on any atom is 0.306 e. The molecule has 0 heterocycles. The number of carbonyl (C=O) groups is 3. The van der Waals surface area contributed by atoms with Crippen molar-refractivity contribution in [3.05, 3.63) is 85.1 Å². The quantitative estimate of drug-likeness (QED) is 0.0262. The Hall–Kier alpha value is -3.41. The molecule has 6 heteroatoms. The zero-order valence-corrected chi connectivity index (χ0v) is 45.3. The van der Waals surface area contributed by atoms with Crippen LogP contribution in [0.1, 0.15) is 278 Å². The van der Waals surface area contributed by atoms with Gasteiger partial charge in [0.15, 0.2) is 6.10 Å². The Bertz CT molecular complexity index is 1330. The van der Waals surface area contributed by atoms with Gasteiger partial charge >= 0.3 is 17.9 Å². The molecule has 0 bridgehead atoms. The van der Waals surface area contributed by atoms with Crippen molar-refractivity contribution >= 4 is 17.9 Å². The summed E-state index contributed by atoms with van der Waals surface area (Å²) in [7, 11) is 0. The van der Waals surface area contributed by atoms with Crippen LogP contribution in [-0.2, 0) is 28.6 Å². The molecule has 0 aromatic heterocycles. The average Bonchev–Trinajstić information content (AvgIpc) is 3.35. The first kappa shape index (κ1) is 65.6. The van der Waals surface area contributed by atoms with E-state index in [1.807, 2.05) is 0 Å². The van der Waals surface area contributed by atoms with Gasteiger partial charge in [-0.25, -0.2) is 0 Å². The van der Waals surface area contributed by atoms with E-state index in [2.05, 4.69) is 106 Å². The molecule has 69 heavy (non-hydrogen) atoms. The largest absolute Gasteiger partial charge is 0.462 e. The Kier molecular flexibility index (Phi) is 54.3. The van der Waals surface area contributed by atoms with Crippen LogP contribution in [0, 0.1) is 0 Å². The number of hydrogen-bond acceptors (Lipinski definition) is 6. The van der Waals surface area contributed by atoms with Crippen LogP contribution in [-0.4, -0.2) is 37.2 Å². The number of unbranched alkanes of at least 4 members (excludes halogenated alkanes) is 27. The van der Waals surface area contributed by atoms with Gasteiger partial charge in [0.25, 0.3) is 0 Å². The highest BCUT2D eigenvalue weighted by Gasteiger charge is 2.19. The molecule has 1 atom stereocenters. The number of hydrogen-bond donors (Lipinski definition) is 0. The van der Waals surface area contributed by atoms with Gasteiger partial charge in [-0.2, -0.15) is 0 Å². The average molecular weight is 962 g/mol. The number of carbonyl (C=O) groups excluding carboxylic acids is 3. The molecule has 0 aromatic carbocycles. The lowest BCUT2D eigenvalue weighted by molar-refractivity contribution is -0.167. The number of esters is 3. The van der Waals surface area contributed by atoms with Crippen LogP contribution in [0.5, 0.6) is 0 Å². The predicted octanol–water partition coefficient (Wildman–Crippen LogP) is 19.5. The molecular formula is C63H108O6. The van der Waals surface area contributed by atoms with Crippen LogP contribution in [0.25, 0.3) is 0 Å². The van der Waals surface area contributed by atoms with Gasteiger partial charge in [-0.05, 0) is 89.9 Å². The molecule has 396 valence electrons. The molecule has 0 rings (SSSR count). The molecule has 0 radical (unpaired) electrons. The number of rotatable bonds is 52. The van der Waals surface area contributed by atoms with E-state index in [0.29, 0.717) is 19.3 Å². The van der Waals surface area contributed by atoms with E-state index < -0.39 is 6.10 Å². The van der Waals surface area contributed by atoms with E-state index in [4.69, 9.17) is 14.2 Å². The van der Waals surface area contributed by atoms with E-state index in [0.717, 1.165) is 122 Å². The predicted molar refractivity (Wildman–Crippen MR) is 297 cm³/mol. The second kappa shape index (κ2) is 57.2. The Morgan fingerprint density at radius 1 is 0.304 bits per heavy atom.